The van der Waals surface area contributed by atoms with Crippen LogP contribution >= 0.6 is 27.5 Å². The van der Waals surface area contributed by atoms with Crippen LogP contribution in [0.4, 0.5) is 10.1 Å². The van der Waals surface area contributed by atoms with Crippen molar-refractivity contribution < 1.29 is 17.6 Å². The maximum atomic E-state index is 13.4. The van der Waals surface area contributed by atoms with E-state index in [-0.39, 0.29) is 20.6 Å². The fraction of sp³-hybridized carbons (Fsp3) is 0.375. The number of carbonyl (C=O) groups is 1. The number of piperazine rings is 1. The van der Waals surface area contributed by atoms with Crippen molar-refractivity contribution >= 4 is 54.4 Å². The van der Waals surface area contributed by atoms with E-state index < -0.39 is 27.2 Å². The highest BCUT2D eigenvalue weighted by atomic mass is 79.9. The zero-order valence-corrected chi connectivity index (χ0v) is 26.9. The molecular weight excluding hydrogens is 641 g/mol. The number of rotatable bonds is 8. The number of carbonyl (C=O) groups excluding carboxylic acids is 1. The maximum absolute atomic E-state index is 13.4. The molecule has 1 aromatic heterocycles. The van der Waals surface area contributed by atoms with Gasteiger partial charge in [0.2, 0.25) is 0 Å². The minimum Gasteiger partial charge on any atom is -0.369 e. The van der Waals surface area contributed by atoms with Gasteiger partial charge in [-0.1, -0.05) is 43.2 Å². The standard InChI is InChI=1S/C32H34BrClFN3O3S/c1-32(2)14-13-23(27(19-32)22-3-5-24(34)6-4-22)20-37-15-17-38(18-16-37)25-7-9-26(10-8-25)42(40,41)21-30(39)29-12-11-28(35)31(33)36-29/h3-12H,13-21H2,1-2H3. The first-order valence-corrected chi connectivity index (χ1v) is 16.8. The highest BCUT2D eigenvalue weighted by Gasteiger charge is 2.29. The summed E-state index contributed by atoms with van der Waals surface area (Å²) in [4.78, 5) is 21.2. The normalized spacial score (nSPS) is 17.9. The van der Waals surface area contributed by atoms with Gasteiger partial charge in [0.1, 0.15) is 16.0 Å². The zero-order valence-electron chi connectivity index (χ0n) is 23.7. The highest BCUT2D eigenvalue weighted by molar-refractivity contribution is 9.10. The Kier molecular flexibility index (Phi) is 9.23. The zero-order chi connectivity index (χ0) is 30.1. The quantitative estimate of drug-likeness (QED) is 0.188. The summed E-state index contributed by atoms with van der Waals surface area (Å²) in [7, 11) is -3.88. The minimum absolute atomic E-state index is 0.0707. The second-order valence-electron chi connectivity index (χ2n) is 11.8. The predicted molar refractivity (Wildman–Crippen MR) is 169 cm³/mol. The van der Waals surface area contributed by atoms with Gasteiger partial charge < -0.3 is 4.90 Å². The van der Waals surface area contributed by atoms with Crippen molar-refractivity contribution in [1.29, 1.82) is 0 Å². The fourth-order valence-corrected chi connectivity index (χ4v) is 7.32. The summed E-state index contributed by atoms with van der Waals surface area (Å²) in [5.41, 5.74) is 5.35. The van der Waals surface area contributed by atoms with E-state index in [0.29, 0.717) is 0 Å². The van der Waals surface area contributed by atoms with Gasteiger partial charge in [-0.3, -0.25) is 9.69 Å². The number of aromatic nitrogens is 1. The van der Waals surface area contributed by atoms with Crippen molar-refractivity contribution in [2.45, 2.75) is 38.0 Å². The lowest BCUT2D eigenvalue weighted by Crippen LogP contribution is -2.47. The van der Waals surface area contributed by atoms with Gasteiger partial charge in [-0.2, -0.15) is 0 Å². The van der Waals surface area contributed by atoms with Gasteiger partial charge in [0.25, 0.3) is 0 Å². The molecule has 10 heteroatoms. The monoisotopic (exact) mass is 673 g/mol. The van der Waals surface area contributed by atoms with Crippen molar-refractivity contribution in [1.82, 2.24) is 9.88 Å². The Morgan fingerprint density at radius 2 is 1.67 bits per heavy atom. The topological polar surface area (TPSA) is 70.6 Å². The van der Waals surface area contributed by atoms with Crippen molar-refractivity contribution in [2.24, 2.45) is 5.41 Å². The van der Waals surface area contributed by atoms with E-state index in [2.05, 4.69) is 56.7 Å². The number of ketones is 1. The molecule has 0 saturated carbocycles. The Balaban J connectivity index is 1.21. The molecule has 222 valence electrons. The van der Waals surface area contributed by atoms with Crippen LogP contribution in [-0.2, 0) is 9.84 Å². The molecule has 3 aromatic rings. The number of hydrogen-bond donors (Lipinski definition) is 0. The van der Waals surface area contributed by atoms with Crippen LogP contribution in [0, 0.1) is 11.2 Å². The molecule has 2 aromatic carbocycles. The molecule has 2 heterocycles. The number of benzene rings is 2. The van der Waals surface area contributed by atoms with Gasteiger partial charge in [0.15, 0.2) is 21.4 Å². The lowest BCUT2D eigenvalue weighted by atomic mass is 9.72. The van der Waals surface area contributed by atoms with Gasteiger partial charge in [0, 0.05) is 43.4 Å². The van der Waals surface area contributed by atoms with Crippen LogP contribution in [0.3, 0.4) is 0 Å². The average Bonchev–Trinajstić information content (AvgIpc) is 2.96. The SMILES string of the molecule is CC1(C)CCC(CN2CCN(c3ccc(S(=O)(=O)CC(=O)c4ccc(F)c(Br)n4)cc3)CC2)=C(c2ccc(Cl)cc2)C1. The Labute approximate surface area is 260 Å². The Morgan fingerprint density at radius 3 is 2.31 bits per heavy atom. The highest BCUT2D eigenvalue weighted by Crippen LogP contribution is 2.43. The Morgan fingerprint density at radius 1 is 1.00 bits per heavy atom. The molecule has 1 aliphatic carbocycles. The third-order valence-electron chi connectivity index (χ3n) is 8.14. The van der Waals surface area contributed by atoms with E-state index in [1.807, 2.05) is 12.1 Å². The van der Waals surface area contributed by atoms with Crippen LogP contribution in [0.1, 0.15) is 49.2 Å². The molecule has 1 aliphatic heterocycles. The van der Waals surface area contributed by atoms with Crippen molar-refractivity contribution in [3.63, 3.8) is 0 Å². The fourth-order valence-electron chi connectivity index (χ4n) is 5.66. The summed E-state index contributed by atoms with van der Waals surface area (Å²) in [5.74, 6) is -2.04. The summed E-state index contributed by atoms with van der Waals surface area (Å²) in [5, 5.41) is 0.752. The molecule has 5 rings (SSSR count). The van der Waals surface area contributed by atoms with E-state index in [9.17, 15) is 17.6 Å². The summed E-state index contributed by atoms with van der Waals surface area (Å²) in [6, 6.07) is 17.2. The third-order valence-corrected chi connectivity index (χ3v) is 10.6. The average molecular weight is 675 g/mol. The first-order chi connectivity index (χ1) is 19.9. The number of Topliss-reactive ketones (excluding diaryl/α,β-unsaturated/α-hetero) is 1. The van der Waals surface area contributed by atoms with Crippen LogP contribution in [0.2, 0.25) is 5.02 Å². The van der Waals surface area contributed by atoms with Gasteiger partial charge in [-0.15, -0.1) is 0 Å². The molecule has 0 atom stereocenters. The minimum atomic E-state index is -3.88. The Bertz CT molecular complexity index is 1600. The van der Waals surface area contributed by atoms with Crippen LogP contribution in [0.15, 0.2) is 75.7 Å². The van der Waals surface area contributed by atoms with E-state index >= 15 is 0 Å². The van der Waals surface area contributed by atoms with E-state index in [0.717, 1.165) is 62.3 Å². The van der Waals surface area contributed by atoms with Crippen LogP contribution in [-0.4, -0.2) is 62.6 Å². The van der Waals surface area contributed by atoms with Crippen LogP contribution in [0.25, 0.3) is 5.57 Å². The van der Waals surface area contributed by atoms with Gasteiger partial charge in [-0.25, -0.2) is 17.8 Å². The largest absolute Gasteiger partial charge is 0.369 e. The predicted octanol–water partition coefficient (Wildman–Crippen LogP) is 7.08. The van der Waals surface area contributed by atoms with Crippen molar-refractivity contribution in [3.05, 3.63) is 92.9 Å². The smallest absolute Gasteiger partial charge is 0.196 e. The number of hydrogen-bond acceptors (Lipinski definition) is 6. The molecular formula is C32H34BrClFN3O3S. The van der Waals surface area contributed by atoms with Crippen LogP contribution < -0.4 is 4.90 Å². The summed E-state index contributed by atoms with van der Waals surface area (Å²) < 4.78 is 39.1. The van der Waals surface area contributed by atoms with E-state index in [1.54, 1.807) is 24.3 Å². The molecule has 1 fully saturated rings. The number of halogens is 3. The Hall–Kier alpha value is -2.59. The van der Waals surface area contributed by atoms with Gasteiger partial charge in [0.05, 0.1) is 4.90 Å². The number of pyridine rings is 1. The molecule has 0 amide bonds. The first-order valence-electron chi connectivity index (χ1n) is 14.0. The second kappa shape index (κ2) is 12.6. The summed E-state index contributed by atoms with van der Waals surface area (Å²) in [6.45, 7) is 9.14. The van der Waals surface area contributed by atoms with Gasteiger partial charge in [-0.05, 0) is 100 Å². The summed E-state index contributed by atoms with van der Waals surface area (Å²) in [6.07, 6.45) is 3.33. The van der Waals surface area contributed by atoms with Crippen molar-refractivity contribution in [2.75, 3.05) is 43.4 Å². The molecule has 1 saturated heterocycles. The molecule has 0 spiro atoms. The summed E-state index contributed by atoms with van der Waals surface area (Å²) >= 11 is 9.09. The molecule has 42 heavy (non-hydrogen) atoms. The number of sulfone groups is 1. The number of nitrogens with zero attached hydrogens (tertiary/aromatic N) is 3. The molecule has 6 nitrogen and oxygen atoms in total. The lowest BCUT2D eigenvalue weighted by Gasteiger charge is -2.39. The lowest BCUT2D eigenvalue weighted by molar-refractivity contribution is 0.101. The molecule has 0 radical (unpaired) electrons. The molecule has 2 aliphatic rings. The maximum Gasteiger partial charge on any atom is 0.196 e. The van der Waals surface area contributed by atoms with Gasteiger partial charge >= 0.3 is 0 Å². The van der Waals surface area contributed by atoms with Crippen LogP contribution in [0.5, 0.6) is 0 Å². The molecule has 0 bridgehead atoms. The first kappa shape index (κ1) is 30.9. The van der Waals surface area contributed by atoms with E-state index in [4.69, 9.17) is 11.6 Å². The van der Waals surface area contributed by atoms with E-state index in [1.165, 1.54) is 29.2 Å². The molecule has 0 unspecified atom stereocenters. The second-order valence-corrected chi connectivity index (χ2v) is 15.0. The third kappa shape index (κ3) is 7.30. The number of allylic oxidation sites excluding steroid dienone is 1. The number of anilines is 1. The molecule has 0 N–H and O–H groups in total. The van der Waals surface area contributed by atoms with Crippen molar-refractivity contribution in [3.8, 4) is 0 Å².